The lowest BCUT2D eigenvalue weighted by Gasteiger charge is -2.45. The minimum absolute atomic E-state index is 0.0594. The van der Waals surface area contributed by atoms with Crippen LogP contribution in [0, 0.1) is 17.3 Å². The fourth-order valence-corrected chi connectivity index (χ4v) is 7.27. The van der Waals surface area contributed by atoms with Gasteiger partial charge in [0.2, 0.25) is 11.8 Å². The van der Waals surface area contributed by atoms with Crippen LogP contribution < -0.4 is 11.1 Å². The van der Waals surface area contributed by atoms with Gasteiger partial charge in [-0.3, -0.25) is 9.59 Å². The van der Waals surface area contributed by atoms with Crippen molar-refractivity contribution in [1.82, 2.24) is 15.2 Å². The number of aromatic nitrogens is 1. The van der Waals surface area contributed by atoms with Crippen LogP contribution in [0.25, 0.3) is 10.9 Å². The van der Waals surface area contributed by atoms with E-state index in [-0.39, 0.29) is 18.4 Å². The van der Waals surface area contributed by atoms with Gasteiger partial charge in [-0.15, -0.1) is 0 Å². The quantitative estimate of drug-likeness (QED) is 0.517. The highest BCUT2D eigenvalue weighted by Crippen LogP contribution is 2.47. The highest BCUT2D eigenvalue weighted by molar-refractivity contribution is 5.87. The molecule has 2 aliphatic carbocycles. The fraction of sp³-hybridized carbons (Fsp3) is 0.643. The number of likely N-dealkylation sites (tertiary alicyclic amines) is 1. The number of H-pyrrole nitrogens is 1. The molecular weight excluding hydrogens is 481 g/mol. The van der Waals surface area contributed by atoms with E-state index in [2.05, 4.69) is 22.1 Å². The fourth-order valence-electron chi connectivity index (χ4n) is 7.27. The number of carbonyl (C=O) groups excluding carboxylic acids is 2. The maximum absolute atomic E-state index is 13.4. The summed E-state index contributed by atoms with van der Waals surface area (Å²) >= 11 is 0. The van der Waals surface area contributed by atoms with E-state index in [1.165, 1.54) is 6.07 Å². The van der Waals surface area contributed by atoms with Crippen molar-refractivity contribution in [2.24, 2.45) is 23.0 Å². The van der Waals surface area contributed by atoms with Crippen molar-refractivity contribution < 1.29 is 22.8 Å². The molecule has 2 amide bonds. The number of primary amides is 1. The number of halogens is 3. The van der Waals surface area contributed by atoms with Gasteiger partial charge in [0.05, 0.1) is 17.5 Å². The summed E-state index contributed by atoms with van der Waals surface area (Å²) in [6.45, 7) is 4.68. The van der Waals surface area contributed by atoms with E-state index in [0.29, 0.717) is 17.2 Å². The molecule has 0 bridgehead atoms. The molecule has 3 atom stereocenters. The molecule has 6 nitrogen and oxygen atoms in total. The third-order valence-corrected chi connectivity index (χ3v) is 9.32. The molecule has 0 radical (unpaired) electrons. The first-order valence-corrected chi connectivity index (χ1v) is 13.6. The van der Waals surface area contributed by atoms with E-state index in [4.69, 9.17) is 5.73 Å². The number of piperidine rings is 1. The molecule has 1 aromatic carbocycles. The molecule has 202 valence electrons. The Morgan fingerprint density at radius 3 is 2.68 bits per heavy atom. The maximum Gasteiger partial charge on any atom is 0.416 e. The predicted molar refractivity (Wildman–Crippen MR) is 136 cm³/mol. The lowest BCUT2D eigenvalue weighted by Crippen LogP contribution is -2.49. The molecule has 0 unspecified atom stereocenters. The number of aromatic amines is 1. The van der Waals surface area contributed by atoms with Gasteiger partial charge in [0.1, 0.15) is 0 Å². The number of alkyl halides is 3. The van der Waals surface area contributed by atoms with Gasteiger partial charge in [0, 0.05) is 23.1 Å². The van der Waals surface area contributed by atoms with Gasteiger partial charge in [-0.25, -0.2) is 0 Å². The number of rotatable bonds is 6. The zero-order chi connectivity index (χ0) is 26.4. The molecule has 1 saturated carbocycles. The Bertz CT molecular complexity index is 1170. The lowest BCUT2D eigenvalue weighted by atomic mass is 9.67. The summed E-state index contributed by atoms with van der Waals surface area (Å²) in [5.41, 5.74) is 7.10. The van der Waals surface area contributed by atoms with Crippen LogP contribution in [-0.2, 0) is 22.2 Å². The van der Waals surface area contributed by atoms with Gasteiger partial charge < -0.3 is 20.9 Å². The second-order valence-corrected chi connectivity index (χ2v) is 11.5. The van der Waals surface area contributed by atoms with Crippen molar-refractivity contribution in [3.05, 3.63) is 35.0 Å². The summed E-state index contributed by atoms with van der Waals surface area (Å²) in [6, 6.07) is 4.02. The van der Waals surface area contributed by atoms with Crippen LogP contribution in [0.4, 0.5) is 13.2 Å². The Labute approximate surface area is 215 Å². The third-order valence-electron chi connectivity index (χ3n) is 9.32. The normalized spacial score (nSPS) is 25.9. The summed E-state index contributed by atoms with van der Waals surface area (Å²) in [5.74, 6) is 0.413. The standard InChI is InChI=1S/C28H37F3N4O2/c1-17-21-16-35(12-10-27(8-3-2-4-9-27)26(37)33-15-24(32)36)11-7-18(21)13-23-25(17)20-14-19(28(29,30)31)5-6-22(20)34-23/h5-6,14,17-18,21,34H,2-4,7-13,15-16H2,1H3,(H2,32,36)(H,33,37)/t17-,18-,21-/m1/s1. The van der Waals surface area contributed by atoms with Crippen LogP contribution in [0.5, 0.6) is 0 Å². The number of amides is 2. The van der Waals surface area contributed by atoms with Crippen molar-refractivity contribution in [3.63, 3.8) is 0 Å². The van der Waals surface area contributed by atoms with Crippen LogP contribution in [0.1, 0.15) is 74.6 Å². The smallest absolute Gasteiger partial charge is 0.368 e. The second-order valence-electron chi connectivity index (χ2n) is 11.5. The van der Waals surface area contributed by atoms with Gasteiger partial charge in [-0.05, 0) is 86.7 Å². The highest BCUT2D eigenvalue weighted by atomic mass is 19.4. The molecule has 37 heavy (non-hydrogen) atoms. The molecule has 5 rings (SSSR count). The van der Waals surface area contributed by atoms with Crippen LogP contribution in [0.15, 0.2) is 18.2 Å². The summed E-state index contributed by atoms with van der Waals surface area (Å²) < 4.78 is 40.3. The Kier molecular flexibility index (Phi) is 7.02. The molecule has 1 aliphatic heterocycles. The molecular formula is C28H37F3N4O2. The topological polar surface area (TPSA) is 91.2 Å². The first kappa shape index (κ1) is 26.1. The zero-order valence-electron chi connectivity index (χ0n) is 21.4. The van der Waals surface area contributed by atoms with Crippen LogP contribution in [0.3, 0.4) is 0 Å². The summed E-state index contributed by atoms with van der Waals surface area (Å²) in [5, 5.41) is 3.45. The van der Waals surface area contributed by atoms with E-state index in [1.807, 2.05) is 0 Å². The maximum atomic E-state index is 13.4. The van der Waals surface area contributed by atoms with Crippen molar-refractivity contribution in [3.8, 4) is 0 Å². The Balaban J connectivity index is 1.31. The van der Waals surface area contributed by atoms with E-state index < -0.39 is 23.1 Å². The number of nitrogens with two attached hydrogens (primary N) is 1. The van der Waals surface area contributed by atoms with Gasteiger partial charge >= 0.3 is 6.18 Å². The number of carbonyl (C=O) groups is 2. The van der Waals surface area contributed by atoms with Crippen LogP contribution >= 0.6 is 0 Å². The van der Waals surface area contributed by atoms with Crippen molar-refractivity contribution in [1.29, 1.82) is 0 Å². The largest absolute Gasteiger partial charge is 0.416 e. The van der Waals surface area contributed by atoms with Crippen molar-refractivity contribution in [2.45, 2.75) is 70.4 Å². The monoisotopic (exact) mass is 518 g/mol. The number of nitrogens with zero attached hydrogens (tertiary/aromatic N) is 1. The second kappa shape index (κ2) is 9.97. The number of fused-ring (bicyclic) bond motifs is 4. The molecule has 1 aromatic heterocycles. The van der Waals surface area contributed by atoms with E-state index in [9.17, 15) is 22.8 Å². The highest BCUT2D eigenvalue weighted by Gasteiger charge is 2.43. The van der Waals surface area contributed by atoms with Gasteiger partial charge in [0.15, 0.2) is 0 Å². The molecule has 2 aromatic rings. The van der Waals surface area contributed by atoms with Crippen molar-refractivity contribution >= 4 is 22.7 Å². The Hall–Kier alpha value is -2.55. The van der Waals surface area contributed by atoms with E-state index >= 15 is 0 Å². The molecule has 2 fully saturated rings. The summed E-state index contributed by atoms with van der Waals surface area (Å²) in [7, 11) is 0. The molecule has 9 heteroatoms. The van der Waals surface area contributed by atoms with Gasteiger partial charge in [-0.1, -0.05) is 26.2 Å². The Morgan fingerprint density at radius 2 is 1.97 bits per heavy atom. The summed E-state index contributed by atoms with van der Waals surface area (Å²) in [4.78, 5) is 30.2. The molecule has 1 saturated heterocycles. The third kappa shape index (κ3) is 5.11. The minimum Gasteiger partial charge on any atom is -0.368 e. The van der Waals surface area contributed by atoms with Gasteiger partial charge in [0.25, 0.3) is 0 Å². The van der Waals surface area contributed by atoms with E-state index in [1.54, 1.807) is 6.07 Å². The zero-order valence-corrected chi connectivity index (χ0v) is 21.4. The van der Waals surface area contributed by atoms with Crippen LogP contribution in [0.2, 0.25) is 0 Å². The predicted octanol–water partition coefficient (Wildman–Crippen LogP) is 4.73. The number of benzene rings is 1. The minimum atomic E-state index is -4.36. The van der Waals surface area contributed by atoms with Crippen molar-refractivity contribution in [2.75, 3.05) is 26.2 Å². The number of hydrogen-bond acceptors (Lipinski definition) is 3. The molecule has 4 N–H and O–H groups in total. The lowest BCUT2D eigenvalue weighted by molar-refractivity contribution is -0.137. The first-order chi connectivity index (χ1) is 17.6. The van der Waals surface area contributed by atoms with Crippen LogP contribution in [-0.4, -0.2) is 47.9 Å². The number of nitrogens with one attached hydrogen (secondary N) is 2. The molecule has 0 spiro atoms. The van der Waals surface area contributed by atoms with Gasteiger partial charge in [-0.2, -0.15) is 13.2 Å². The SMILES string of the molecule is C[C@H]1c2c([nH]c3ccc(C(F)(F)F)cc23)C[C@H]2CCN(CCC3(C(=O)NCC(N)=O)CCCCC3)C[C@@H]21. The van der Waals surface area contributed by atoms with E-state index in [0.717, 1.165) is 93.8 Å². The average Bonchev–Trinajstić information content (AvgIpc) is 3.24. The summed E-state index contributed by atoms with van der Waals surface area (Å²) in [6.07, 6.45) is 3.09. The Morgan fingerprint density at radius 1 is 1.22 bits per heavy atom. The average molecular weight is 519 g/mol. The first-order valence-electron chi connectivity index (χ1n) is 13.6. The molecule has 2 heterocycles. The molecule has 3 aliphatic rings. The number of hydrogen-bond donors (Lipinski definition) is 3.